The molecule has 0 amide bonds. The van der Waals surface area contributed by atoms with Crippen molar-refractivity contribution in [2.45, 2.75) is 19.4 Å². The number of sulfonamides is 1. The Morgan fingerprint density at radius 2 is 2.20 bits per heavy atom. The molecule has 0 bridgehead atoms. The smallest absolute Gasteiger partial charge is 0.211 e. The van der Waals surface area contributed by atoms with Crippen molar-refractivity contribution in [3.8, 4) is 0 Å². The van der Waals surface area contributed by atoms with Crippen molar-refractivity contribution < 1.29 is 8.42 Å². The summed E-state index contributed by atoms with van der Waals surface area (Å²) in [5.74, 6) is 0.671. The minimum atomic E-state index is -3.13. The van der Waals surface area contributed by atoms with Gasteiger partial charge in [-0.05, 0) is 35.2 Å². The second kappa shape index (κ2) is 6.48. The highest BCUT2D eigenvalue weighted by Crippen LogP contribution is 2.06. The third kappa shape index (κ3) is 5.51. The van der Waals surface area contributed by atoms with E-state index < -0.39 is 10.0 Å². The summed E-state index contributed by atoms with van der Waals surface area (Å²) in [7, 11) is -3.13. The largest absolute Gasteiger partial charge is 0.212 e. The molecule has 86 valence electrons. The summed E-state index contributed by atoms with van der Waals surface area (Å²) in [6.07, 6.45) is 1.35. The van der Waals surface area contributed by atoms with Gasteiger partial charge in [-0.25, -0.2) is 13.1 Å². The molecule has 1 aromatic heterocycles. The maximum atomic E-state index is 11.4. The Labute approximate surface area is 99.5 Å². The molecule has 0 saturated heterocycles. The second-order valence-corrected chi connectivity index (χ2v) is 6.25. The third-order valence-electron chi connectivity index (χ3n) is 1.87. The highest BCUT2D eigenvalue weighted by Gasteiger charge is 2.08. The van der Waals surface area contributed by atoms with Gasteiger partial charge < -0.3 is 0 Å². The van der Waals surface area contributed by atoms with Gasteiger partial charge in [0.2, 0.25) is 10.0 Å². The molecule has 6 heteroatoms. The first-order valence-electron chi connectivity index (χ1n) is 4.68. The molecule has 0 unspecified atom stereocenters. The minimum absolute atomic E-state index is 0.157. The van der Waals surface area contributed by atoms with Crippen LogP contribution in [0.3, 0.4) is 0 Å². The predicted octanol–water partition coefficient (Wildman–Crippen LogP) is 2.19. The molecular weight excluding hydrogens is 254 g/mol. The SMILES string of the molecule is O=S(=O)(CCCCCl)NCc1ccsc1. The number of halogens is 1. The van der Waals surface area contributed by atoms with Crippen LogP contribution in [-0.2, 0) is 16.6 Å². The lowest BCUT2D eigenvalue weighted by Gasteiger charge is -2.04. The van der Waals surface area contributed by atoms with E-state index in [0.717, 1.165) is 12.0 Å². The molecular formula is C9H14ClNO2S2. The predicted molar refractivity (Wildman–Crippen MR) is 64.9 cm³/mol. The summed E-state index contributed by atoms with van der Waals surface area (Å²) < 4.78 is 25.5. The monoisotopic (exact) mass is 267 g/mol. The molecule has 0 saturated carbocycles. The average molecular weight is 268 g/mol. The van der Waals surface area contributed by atoms with Crippen LogP contribution in [0.1, 0.15) is 18.4 Å². The molecule has 0 atom stereocenters. The van der Waals surface area contributed by atoms with Gasteiger partial charge in [-0.1, -0.05) is 0 Å². The normalized spacial score (nSPS) is 11.8. The van der Waals surface area contributed by atoms with Gasteiger partial charge in [0.1, 0.15) is 0 Å². The van der Waals surface area contributed by atoms with Gasteiger partial charge in [-0.2, -0.15) is 11.3 Å². The molecule has 0 aliphatic carbocycles. The van der Waals surface area contributed by atoms with Crippen LogP contribution in [0.25, 0.3) is 0 Å². The fourth-order valence-corrected chi connectivity index (χ4v) is 3.02. The van der Waals surface area contributed by atoms with Gasteiger partial charge in [0.05, 0.1) is 5.75 Å². The number of unbranched alkanes of at least 4 members (excludes halogenated alkanes) is 1. The second-order valence-electron chi connectivity index (χ2n) is 3.17. The molecule has 0 aromatic carbocycles. The van der Waals surface area contributed by atoms with E-state index in [1.807, 2.05) is 16.8 Å². The maximum absolute atomic E-state index is 11.4. The minimum Gasteiger partial charge on any atom is -0.212 e. The van der Waals surface area contributed by atoms with E-state index in [1.54, 1.807) is 11.3 Å². The van der Waals surface area contributed by atoms with Crippen LogP contribution in [0.2, 0.25) is 0 Å². The lowest BCUT2D eigenvalue weighted by Crippen LogP contribution is -2.25. The van der Waals surface area contributed by atoms with E-state index in [2.05, 4.69) is 4.72 Å². The number of thiophene rings is 1. The standard InChI is InChI=1S/C9H14ClNO2S2/c10-4-1-2-6-15(12,13)11-7-9-3-5-14-8-9/h3,5,8,11H,1-2,4,6-7H2. The highest BCUT2D eigenvalue weighted by atomic mass is 35.5. The molecule has 1 heterocycles. The van der Waals surface area contributed by atoms with Crippen LogP contribution < -0.4 is 4.72 Å². The van der Waals surface area contributed by atoms with E-state index in [0.29, 0.717) is 18.8 Å². The van der Waals surface area contributed by atoms with Crippen LogP contribution in [0, 0.1) is 0 Å². The zero-order chi connectivity index (χ0) is 11.1. The van der Waals surface area contributed by atoms with Crippen molar-refractivity contribution in [2.75, 3.05) is 11.6 Å². The van der Waals surface area contributed by atoms with Crippen molar-refractivity contribution in [3.63, 3.8) is 0 Å². The zero-order valence-corrected chi connectivity index (χ0v) is 10.7. The Hall–Kier alpha value is -0.100. The summed E-state index contributed by atoms with van der Waals surface area (Å²) in [6.45, 7) is 0.382. The molecule has 0 fully saturated rings. The lowest BCUT2D eigenvalue weighted by molar-refractivity contribution is 0.578. The summed E-state index contributed by atoms with van der Waals surface area (Å²) in [5, 5.41) is 3.86. The molecule has 1 rings (SSSR count). The van der Waals surface area contributed by atoms with Crippen LogP contribution >= 0.6 is 22.9 Å². The Kier molecular flexibility index (Phi) is 5.60. The quantitative estimate of drug-likeness (QED) is 0.608. The summed E-state index contributed by atoms with van der Waals surface area (Å²) >= 11 is 7.03. The van der Waals surface area contributed by atoms with Gasteiger partial charge >= 0.3 is 0 Å². The fourth-order valence-electron chi connectivity index (χ4n) is 1.05. The summed E-state index contributed by atoms with van der Waals surface area (Å²) in [5.41, 5.74) is 1.00. The lowest BCUT2D eigenvalue weighted by atomic mass is 10.4. The van der Waals surface area contributed by atoms with Gasteiger partial charge in [-0.15, -0.1) is 11.6 Å². The molecule has 0 radical (unpaired) electrons. The number of nitrogens with one attached hydrogen (secondary N) is 1. The number of rotatable bonds is 7. The van der Waals surface area contributed by atoms with Crippen molar-refractivity contribution >= 4 is 33.0 Å². The summed E-state index contributed by atoms with van der Waals surface area (Å²) in [4.78, 5) is 0. The molecule has 3 nitrogen and oxygen atoms in total. The van der Waals surface area contributed by atoms with Gasteiger partial charge in [0, 0.05) is 12.4 Å². The zero-order valence-electron chi connectivity index (χ0n) is 8.28. The van der Waals surface area contributed by atoms with Gasteiger partial charge in [0.25, 0.3) is 0 Å². The molecule has 15 heavy (non-hydrogen) atoms. The molecule has 0 aliphatic heterocycles. The first-order valence-corrected chi connectivity index (χ1v) is 7.81. The van der Waals surface area contributed by atoms with E-state index >= 15 is 0 Å². The van der Waals surface area contributed by atoms with E-state index in [-0.39, 0.29) is 5.75 Å². The Bertz CT molecular complexity index is 361. The Morgan fingerprint density at radius 3 is 2.80 bits per heavy atom. The maximum Gasteiger partial charge on any atom is 0.211 e. The summed E-state index contributed by atoms with van der Waals surface area (Å²) in [6, 6.07) is 1.91. The number of hydrogen-bond donors (Lipinski definition) is 1. The fraction of sp³-hybridized carbons (Fsp3) is 0.556. The van der Waals surface area contributed by atoms with E-state index in [1.165, 1.54) is 0 Å². The molecule has 0 aliphatic rings. The van der Waals surface area contributed by atoms with Crippen LogP contribution in [-0.4, -0.2) is 20.1 Å². The van der Waals surface area contributed by atoms with E-state index in [4.69, 9.17) is 11.6 Å². The van der Waals surface area contributed by atoms with E-state index in [9.17, 15) is 8.42 Å². The van der Waals surface area contributed by atoms with Crippen LogP contribution in [0.4, 0.5) is 0 Å². The molecule has 1 aromatic rings. The topological polar surface area (TPSA) is 46.2 Å². The average Bonchev–Trinajstić information content (AvgIpc) is 2.68. The molecule has 0 spiro atoms. The number of hydrogen-bond acceptors (Lipinski definition) is 3. The Balaban J connectivity index is 2.30. The van der Waals surface area contributed by atoms with Crippen molar-refractivity contribution in [1.82, 2.24) is 4.72 Å². The highest BCUT2D eigenvalue weighted by molar-refractivity contribution is 7.89. The van der Waals surface area contributed by atoms with Crippen molar-refractivity contribution in [2.24, 2.45) is 0 Å². The van der Waals surface area contributed by atoms with Crippen LogP contribution in [0.5, 0.6) is 0 Å². The number of alkyl halides is 1. The van der Waals surface area contributed by atoms with Gasteiger partial charge in [0.15, 0.2) is 0 Å². The van der Waals surface area contributed by atoms with Crippen molar-refractivity contribution in [1.29, 1.82) is 0 Å². The van der Waals surface area contributed by atoms with Crippen molar-refractivity contribution in [3.05, 3.63) is 22.4 Å². The third-order valence-corrected chi connectivity index (χ3v) is 4.28. The van der Waals surface area contributed by atoms with Crippen LogP contribution in [0.15, 0.2) is 16.8 Å². The van der Waals surface area contributed by atoms with Gasteiger partial charge in [-0.3, -0.25) is 0 Å². The first kappa shape index (κ1) is 13.0. The molecule has 1 N–H and O–H groups in total. The first-order chi connectivity index (χ1) is 7.14. The Morgan fingerprint density at radius 1 is 1.40 bits per heavy atom.